The molecule has 0 saturated carbocycles. The zero-order valence-electron chi connectivity index (χ0n) is 10.1. The third kappa shape index (κ3) is 2.37. The Morgan fingerprint density at radius 2 is 2.22 bits per heavy atom. The zero-order chi connectivity index (χ0) is 13.3. The highest BCUT2D eigenvalue weighted by Gasteiger charge is 2.47. The Bertz CT molecular complexity index is 413. The minimum absolute atomic E-state index is 0.161. The Balaban J connectivity index is 1.95. The standard InChI is InChI=1S/C12H14O6/c1-6(16-7(2)13)11(14)18-10-8-4-3-5-9(8)17-12(10)15/h3,5-6,8-10H,4H2,1-2H3/t6-,8+,9-,10+/m0/s1. The minimum atomic E-state index is -1.02. The number of rotatable bonds is 3. The lowest BCUT2D eigenvalue weighted by molar-refractivity contribution is -0.173. The van der Waals surface area contributed by atoms with Gasteiger partial charge in [-0.3, -0.25) is 4.79 Å². The molecule has 1 aliphatic carbocycles. The molecule has 0 aromatic rings. The minimum Gasteiger partial charge on any atom is -0.455 e. The van der Waals surface area contributed by atoms with Crippen LogP contribution in [-0.2, 0) is 28.6 Å². The summed E-state index contributed by atoms with van der Waals surface area (Å²) in [6.07, 6.45) is 2.07. The smallest absolute Gasteiger partial charge is 0.348 e. The molecule has 0 bridgehead atoms. The molecule has 98 valence electrons. The number of carbonyl (C=O) groups excluding carboxylic acids is 3. The fraction of sp³-hybridized carbons (Fsp3) is 0.583. The molecular weight excluding hydrogens is 240 g/mol. The molecule has 4 atom stereocenters. The largest absolute Gasteiger partial charge is 0.455 e. The lowest BCUT2D eigenvalue weighted by Crippen LogP contribution is -2.34. The lowest BCUT2D eigenvalue weighted by atomic mass is 10.0. The van der Waals surface area contributed by atoms with Gasteiger partial charge in [0, 0.05) is 6.92 Å². The van der Waals surface area contributed by atoms with Gasteiger partial charge in [0.05, 0.1) is 5.92 Å². The molecule has 6 heteroatoms. The highest BCUT2D eigenvalue weighted by molar-refractivity contribution is 5.84. The molecule has 1 heterocycles. The second kappa shape index (κ2) is 4.80. The van der Waals surface area contributed by atoms with E-state index >= 15 is 0 Å². The highest BCUT2D eigenvalue weighted by Crippen LogP contribution is 2.33. The van der Waals surface area contributed by atoms with Crippen LogP contribution < -0.4 is 0 Å². The van der Waals surface area contributed by atoms with E-state index in [1.54, 1.807) is 6.08 Å². The van der Waals surface area contributed by atoms with E-state index in [1.807, 2.05) is 6.08 Å². The van der Waals surface area contributed by atoms with Gasteiger partial charge in [0.25, 0.3) is 0 Å². The summed E-state index contributed by atoms with van der Waals surface area (Å²) in [5.74, 6) is -2.02. The van der Waals surface area contributed by atoms with Gasteiger partial charge in [0.15, 0.2) is 6.10 Å². The quantitative estimate of drug-likeness (QED) is 0.411. The van der Waals surface area contributed by atoms with E-state index < -0.39 is 30.1 Å². The van der Waals surface area contributed by atoms with Crippen LogP contribution in [0.1, 0.15) is 20.3 Å². The number of carbonyl (C=O) groups is 3. The van der Waals surface area contributed by atoms with Gasteiger partial charge in [0.1, 0.15) is 6.10 Å². The summed E-state index contributed by atoms with van der Waals surface area (Å²) >= 11 is 0. The van der Waals surface area contributed by atoms with Gasteiger partial charge in [0.2, 0.25) is 6.10 Å². The van der Waals surface area contributed by atoms with Gasteiger partial charge in [-0.25, -0.2) is 9.59 Å². The van der Waals surface area contributed by atoms with Crippen LogP contribution in [0.3, 0.4) is 0 Å². The van der Waals surface area contributed by atoms with Gasteiger partial charge in [-0.05, 0) is 19.4 Å². The number of allylic oxidation sites excluding steroid dienone is 1. The van der Waals surface area contributed by atoms with Crippen molar-refractivity contribution in [2.24, 2.45) is 5.92 Å². The molecule has 0 radical (unpaired) electrons. The number of esters is 3. The van der Waals surface area contributed by atoms with Crippen molar-refractivity contribution in [3.8, 4) is 0 Å². The average Bonchev–Trinajstić information content (AvgIpc) is 2.81. The van der Waals surface area contributed by atoms with Crippen molar-refractivity contribution in [1.82, 2.24) is 0 Å². The molecular formula is C12H14O6. The van der Waals surface area contributed by atoms with Crippen LogP contribution >= 0.6 is 0 Å². The molecule has 1 fully saturated rings. The van der Waals surface area contributed by atoms with E-state index in [0.717, 1.165) is 0 Å². The van der Waals surface area contributed by atoms with Crippen molar-refractivity contribution >= 4 is 17.9 Å². The van der Waals surface area contributed by atoms with Crippen LogP contribution in [0.4, 0.5) is 0 Å². The summed E-state index contributed by atoms with van der Waals surface area (Å²) < 4.78 is 14.8. The van der Waals surface area contributed by atoms with Crippen molar-refractivity contribution in [2.75, 3.05) is 0 Å². The molecule has 0 amide bonds. The van der Waals surface area contributed by atoms with Gasteiger partial charge in [-0.2, -0.15) is 0 Å². The summed E-state index contributed by atoms with van der Waals surface area (Å²) in [6.45, 7) is 2.60. The first kappa shape index (κ1) is 12.6. The van der Waals surface area contributed by atoms with Crippen molar-refractivity contribution < 1.29 is 28.6 Å². The van der Waals surface area contributed by atoms with E-state index in [0.29, 0.717) is 6.42 Å². The second-order valence-electron chi connectivity index (χ2n) is 4.34. The highest BCUT2D eigenvalue weighted by atomic mass is 16.6. The number of fused-ring (bicyclic) bond motifs is 1. The van der Waals surface area contributed by atoms with Crippen molar-refractivity contribution in [3.63, 3.8) is 0 Å². The zero-order valence-corrected chi connectivity index (χ0v) is 10.1. The Hall–Kier alpha value is -1.85. The monoisotopic (exact) mass is 254 g/mol. The first-order valence-corrected chi connectivity index (χ1v) is 5.74. The molecule has 0 aromatic carbocycles. The van der Waals surface area contributed by atoms with E-state index in [4.69, 9.17) is 9.47 Å². The Morgan fingerprint density at radius 3 is 2.89 bits per heavy atom. The van der Waals surface area contributed by atoms with Crippen LogP contribution in [0.25, 0.3) is 0 Å². The maximum atomic E-state index is 11.6. The predicted octanol–water partition coefficient (Wildman–Crippen LogP) is 0.351. The number of ether oxygens (including phenoxy) is 3. The summed E-state index contributed by atoms with van der Waals surface area (Å²) in [7, 11) is 0. The first-order valence-electron chi connectivity index (χ1n) is 5.74. The van der Waals surface area contributed by atoms with Crippen LogP contribution in [-0.4, -0.2) is 36.2 Å². The van der Waals surface area contributed by atoms with Crippen molar-refractivity contribution in [3.05, 3.63) is 12.2 Å². The molecule has 1 saturated heterocycles. The molecule has 18 heavy (non-hydrogen) atoms. The van der Waals surface area contributed by atoms with Gasteiger partial charge < -0.3 is 14.2 Å². The van der Waals surface area contributed by atoms with Crippen LogP contribution in [0, 0.1) is 5.92 Å². The first-order chi connectivity index (χ1) is 8.49. The van der Waals surface area contributed by atoms with Gasteiger partial charge in [-0.15, -0.1) is 0 Å². The number of hydrogen-bond donors (Lipinski definition) is 0. The normalized spacial score (nSPS) is 30.6. The SMILES string of the molecule is CC(=O)O[C@@H](C)C(=O)O[C@H]1C(=O)O[C@H]2C=CC[C@H]21. The fourth-order valence-electron chi connectivity index (χ4n) is 2.10. The molecule has 2 aliphatic rings. The van der Waals surface area contributed by atoms with Crippen LogP contribution in [0.2, 0.25) is 0 Å². The van der Waals surface area contributed by atoms with E-state index in [9.17, 15) is 14.4 Å². The van der Waals surface area contributed by atoms with Gasteiger partial charge in [-0.1, -0.05) is 6.08 Å². The molecule has 6 nitrogen and oxygen atoms in total. The molecule has 0 spiro atoms. The fourth-order valence-corrected chi connectivity index (χ4v) is 2.10. The van der Waals surface area contributed by atoms with Crippen molar-refractivity contribution in [2.45, 2.75) is 38.6 Å². The van der Waals surface area contributed by atoms with E-state index in [1.165, 1.54) is 13.8 Å². The Morgan fingerprint density at radius 1 is 1.50 bits per heavy atom. The lowest BCUT2D eigenvalue weighted by Gasteiger charge is -2.17. The summed E-state index contributed by atoms with van der Waals surface area (Å²) in [5, 5.41) is 0. The summed E-state index contributed by atoms with van der Waals surface area (Å²) in [5.41, 5.74) is 0. The molecule has 0 unspecified atom stereocenters. The molecule has 2 rings (SSSR count). The van der Waals surface area contributed by atoms with Crippen molar-refractivity contribution in [1.29, 1.82) is 0 Å². The topological polar surface area (TPSA) is 78.9 Å². The average molecular weight is 254 g/mol. The maximum absolute atomic E-state index is 11.6. The molecule has 0 aromatic heterocycles. The molecule has 0 N–H and O–H groups in total. The third-order valence-electron chi connectivity index (χ3n) is 2.95. The maximum Gasteiger partial charge on any atom is 0.348 e. The summed E-state index contributed by atoms with van der Waals surface area (Å²) in [4.78, 5) is 33.9. The molecule has 1 aliphatic heterocycles. The van der Waals surface area contributed by atoms with Crippen LogP contribution in [0.15, 0.2) is 12.2 Å². The van der Waals surface area contributed by atoms with Crippen LogP contribution in [0.5, 0.6) is 0 Å². The third-order valence-corrected chi connectivity index (χ3v) is 2.95. The number of hydrogen-bond acceptors (Lipinski definition) is 6. The van der Waals surface area contributed by atoms with E-state index in [2.05, 4.69) is 4.74 Å². The summed E-state index contributed by atoms with van der Waals surface area (Å²) in [6, 6.07) is 0. The van der Waals surface area contributed by atoms with E-state index in [-0.39, 0.29) is 12.0 Å². The van der Waals surface area contributed by atoms with Gasteiger partial charge >= 0.3 is 17.9 Å². The second-order valence-corrected chi connectivity index (χ2v) is 4.34. The Kier molecular flexibility index (Phi) is 3.36. The Labute approximate surface area is 104 Å². The predicted molar refractivity (Wildman–Crippen MR) is 58.2 cm³/mol.